The van der Waals surface area contributed by atoms with E-state index in [0.29, 0.717) is 11.4 Å². The Labute approximate surface area is 51.4 Å². The van der Waals surface area contributed by atoms with Crippen LogP contribution < -0.4 is 0 Å². The molecule has 1 amide bonds. The molecule has 0 spiro atoms. The Morgan fingerprint density at radius 2 is 2.38 bits per heavy atom. The fourth-order valence-corrected chi connectivity index (χ4v) is 0.373. The smallest absolute Gasteiger partial charge is 0.232 e. The second-order valence-electron chi connectivity index (χ2n) is 1.04. The number of hydrogen-bond donors (Lipinski definition) is 0. The molecule has 0 aromatic rings. The quantitative estimate of drug-likeness (QED) is 0.243. The number of hydrogen-bond acceptors (Lipinski definition) is 3. The molecular formula is C3H5ClN2O2. The first kappa shape index (κ1) is 7.36. The highest BCUT2D eigenvalue weighted by Gasteiger charge is 1.94. The van der Waals surface area contributed by atoms with Gasteiger partial charge in [-0.1, -0.05) is 0 Å². The third kappa shape index (κ3) is 2.52. The second kappa shape index (κ2) is 4.52. The second-order valence-corrected chi connectivity index (χ2v) is 1.42. The maximum atomic E-state index is 9.70. The fourth-order valence-electron chi connectivity index (χ4n) is 0.199. The van der Waals surface area contributed by atoms with E-state index < -0.39 is 0 Å². The zero-order valence-electron chi connectivity index (χ0n) is 4.08. The lowest BCUT2D eigenvalue weighted by atomic mass is 10.7. The van der Waals surface area contributed by atoms with Crippen molar-refractivity contribution >= 4 is 18.0 Å². The van der Waals surface area contributed by atoms with Gasteiger partial charge in [-0.05, 0) is 0 Å². The number of rotatable bonds is 4. The van der Waals surface area contributed by atoms with Crippen molar-refractivity contribution < 1.29 is 4.79 Å². The molecule has 0 unspecified atom stereocenters. The van der Waals surface area contributed by atoms with E-state index in [-0.39, 0.29) is 12.4 Å². The first-order chi connectivity index (χ1) is 3.85. The Morgan fingerprint density at radius 1 is 1.75 bits per heavy atom. The van der Waals surface area contributed by atoms with E-state index in [1.807, 2.05) is 0 Å². The van der Waals surface area contributed by atoms with Gasteiger partial charge in [-0.15, -0.1) is 16.5 Å². The maximum Gasteiger partial charge on any atom is 0.232 e. The van der Waals surface area contributed by atoms with Crippen molar-refractivity contribution in [3.63, 3.8) is 0 Å². The highest BCUT2D eigenvalue weighted by molar-refractivity contribution is 6.18. The van der Waals surface area contributed by atoms with Crippen molar-refractivity contribution in [1.29, 1.82) is 0 Å². The van der Waals surface area contributed by atoms with Crippen LogP contribution in [0.15, 0.2) is 5.29 Å². The highest BCUT2D eigenvalue weighted by Crippen LogP contribution is 1.83. The lowest BCUT2D eigenvalue weighted by Crippen LogP contribution is -2.16. The summed E-state index contributed by atoms with van der Waals surface area (Å²) in [4.78, 5) is 19.2. The average Bonchev–Trinajstić information content (AvgIpc) is 1.83. The van der Waals surface area contributed by atoms with Crippen molar-refractivity contribution in [3.05, 3.63) is 4.91 Å². The van der Waals surface area contributed by atoms with Gasteiger partial charge in [0.25, 0.3) is 0 Å². The summed E-state index contributed by atoms with van der Waals surface area (Å²) in [7, 11) is 0. The molecule has 0 atom stereocenters. The van der Waals surface area contributed by atoms with Crippen LogP contribution in [0, 0.1) is 4.91 Å². The molecule has 0 fully saturated rings. The zero-order chi connectivity index (χ0) is 6.41. The van der Waals surface area contributed by atoms with Crippen LogP contribution in [0.4, 0.5) is 0 Å². The summed E-state index contributed by atoms with van der Waals surface area (Å²) in [5, 5.41) is 3.01. The summed E-state index contributed by atoms with van der Waals surface area (Å²) in [6.45, 7) is 0.175. The van der Waals surface area contributed by atoms with E-state index in [9.17, 15) is 9.70 Å². The van der Waals surface area contributed by atoms with Crippen molar-refractivity contribution in [1.82, 2.24) is 5.01 Å². The summed E-state index contributed by atoms with van der Waals surface area (Å²) in [5.41, 5.74) is 0. The number of alkyl halides is 1. The Morgan fingerprint density at radius 3 is 2.50 bits per heavy atom. The van der Waals surface area contributed by atoms with Crippen LogP contribution in [0.25, 0.3) is 0 Å². The number of carbonyl (C=O) groups excluding carboxylic acids is 1. The van der Waals surface area contributed by atoms with Crippen LogP contribution in [0.2, 0.25) is 0 Å². The molecule has 0 N–H and O–H groups in total. The third-order valence-corrected chi connectivity index (χ3v) is 0.709. The Kier molecular flexibility index (Phi) is 4.16. The first-order valence-corrected chi connectivity index (χ1v) is 2.49. The molecule has 0 aliphatic rings. The topological polar surface area (TPSA) is 49.7 Å². The van der Waals surface area contributed by atoms with Crippen LogP contribution in [-0.2, 0) is 4.79 Å². The SMILES string of the molecule is O=CN(CCCl)N=O. The summed E-state index contributed by atoms with van der Waals surface area (Å²) in [5.74, 6) is 0.227. The molecule has 0 aromatic carbocycles. The van der Waals surface area contributed by atoms with E-state index in [2.05, 4.69) is 5.29 Å². The van der Waals surface area contributed by atoms with Crippen molar-refractivity contribution in [3.8, 4) is 0 Å². The van der Waals surface area contributed by atoms with Crippen LogP contribution >= 0.6 is 11.6 Å². The van der Waals surface area contributed by atoms with Gasteiger partial charge in [0, 0.05) is 5.88 Å². The average molecular weight is 137 g/mol. The lowest BCUT2D eigenvalue weighted by molar-refractivity contribution is -0.118. The van der Waals surface area contributed by atoms with Crippen LogP contribution in [0.5, 0.6) is 0 Å². The summed E-state index contributed by atoms with van der Waals surface area (Å²) >= 11 is 5.15. The first-order valence-electron chi connectivity index (χ1n) is 1.96. The van der Waals surface area contributed by atoms with E-state index in [0.717, 1.165) is 0 Å². The predicted molar refractivity (Wildman–Crippen MR) is 29.3 cm³/mol. The van der Waals surface area contributed by atoms with Gasteiger partial charge >= 0.3 is 0 Å². The molecule has 0 radical (unpaired) electrons. The molecular weight excluding hydrogens is 131 g/mol. The minimum atomic E-state index is 0.175. The number of halogens is 1. The van der Waals surface area contributed by atoms with Gasteiger partial charge in [0.2, 0.25) is 6.41 Å². The van der Waals surface area contributed by atoms with Gasteiger partial charge in [-0.2, -0.15) is 5.01 Å². The van der Waals surface area contributed by atoms with Gasteiger partial charge in [0.05, 0.1) is 11.8 Å². The number of nitrogens with zero attached hydrogens (tertiary/aromatic N) is 2. The molecule has 0 bridgehead atoms. The molecule has 0 heterocycles. The van der Waals surface area contributed by atoms with Gasteiger partial charge in [-0.25, -0.2) is 0 Å². The molecule has 5 heteroatoms. The Hall–Kier alpha value is -0.640. The van der Waals surface area contributed by atoms with Gasteiger partial charge in [-0.3, -0.25) is 4.79 Å². The standard InChI is InChI=1S/C3H5ClN2O2/c4-1-2-6(3-7)5-8/h3H,1-2H2. The predicted octanol–water partition coefficient (Wildman–Crippen LogP) is 0.365. The maximum absolute atomic E-state index is 9.70. The van der Waals surface area contributed by atoms with E-state index >= 15 is 0 Å². The molecule has 0 aliphatic heterocycles. The zero-order valence-corrected chi connectivity index (χ0v) is 4.84. The van der Waals surface area contributed by atoms with E-state index in [1.54, 1.807) is 0 Å². The van der Waals surface area contributed by atoms with Crippen molar-refractivity contribution in [2.24, 2.45) is 5.29 Å². The molecule has 0 aliphatic carbocycles. The van der Waals surface area contributed by atoms with E-state index in [4.69, 9.17) is 11.6 Å². The van der Waals surface area contributed by atoms with Crippen molar-refractivity contribution in [2.75, 3.05) is 12.4 Å². The molecule has 4 nitrogen and oxygen atoms in total. The van der Waals surface area contributed by atoms with Gasteiger partial charge in [0.1, 0.15) is 0 Å². The fraction of sp³-hybridized carbons (Fsp3) is 0.667. The largest absolute Gasteiger partial charge is 0.277 e. The number of amides is 1. The van der Waals surface area contributed by atoms with Crippen molar-refractivity contribution in [2.45, 2.75) is 0 Å². The molecule has 46 valence electrons. The summed E-state index contributed by atoms with van der Waals surface area (Å²) < 4.78 is 0. The van der Waals surface area contributed by atoms with Crippen LogP contribution in [0.3, 0.4) is 0 Å². The molecule has 0 aromatic heterocycles. The minimum absolute atomic E-state index is 0.175. The lowest BCUT2D eigenvalue weighted by Gasteiger charge is -1.99. The molecule has 8 heavy (non-hydrogen) atoms. The number of carbonyl (C=O) groups is 1. The monoisotopic (exact) mass is 136 g/mol. The Balaban J connectivity index is 3.35. The molecule has 0 saturated heterocycles. The van der Waals surface area contributed by atoms with Crippen LogP contribution in [-0.4, -0.2) is 23.8 Å². The molecule has 0 rings (SSSR count). The minimum Gasteiger partial charge on any atom is -0.277 e. The molecule has 0 saturated carbocycles. The van der Waals surface area contributed by atoms with E-state index in [1.165, 1.54) is 0 Å². The van der Waals surface area contributed by atoms with Gasteiger partial charge in [0.15, 0.2) is 0 Å². The highest BCUT2D eigenvalue weighted by atomic mass is 35.5. The summed E-state index contributed by atoms with van der Waals surface area (Å²) in [6.07, 6.45) is 0.329. The summed E-state index contributed by atoms with van der Waals surface area (Å²) in [6, 6.07) is 0. The number of nitroso groups, excluding NO2 is 1. The Bertz CT molecular complexity index is 79.4. The van der Waals surface area contributed by atoms with Crippen LogP contribution in [0.1, 0.15) is 0 Å². The normalized spacial score (nSPS) is 8.12. The third-order valence-electron chi connectivity index (χ3n) is 0.540. The van der Waals surface area contributed by atoms with Gasteiger partial charge < -0.3 is 0 Å².